The van der Waals surface area contributed by atoms with E-state index in [9.17, 15) is 0 Å². The molecular weight excluding hydrogens is 372 g/mol. The molecule has 0 heterocycles. The second kappa shape index (κ2) is 9.38. The van der Waals surface area contributed by atoms with Crippen LogP contribution < -0.4 is 0 Å². The van der Waals surface area contributed by atoms with E-state index in [0.29, 0.717) is 29.1 Å². The summed E-state index contributed by atoms with van der Waals surface area (Å²) in [5.74, 6) is 5.71. The van der Waals surface area contributed by atoms with Gasteiger partial charge in [-0.25, -0.2) is 0 Å². The van der Waals surface area contributed by atoms with Gasteiger partial charge in [0.05, 0.1) is 0 Å². The molecule has 0 spiro atoms. The predicted molar refractivity (Wildman–Crippen MR) is 140 cm³/mol. The zero-order valence-electron chi connectivity index (χ0n) is 23.7. The Kier molecular flexibility index (Phi) is 8.09. The van der Waals surface area contributed by atoms with E-state index in [0.717, 1.165) is 23.7 Å². The summed E-state index contributed by atoms with van der Waals surface area (Å²) in [5, 5.41) is 0. The van der Waals surface area contributed by atoms with Crippen LogP contribution in [0.1, 0.15) is 116 Å². The van der Waals surface area contributed by atoms with Gasteiger partial charge in [0.15, 0.2) is 0 Å². The molecule has 0 bridgehead atoms. The summed E-state index contributed by atoms with van der Waals surface area (Å²) in [6.07, 6.45) is 3.85. The van der Waals surface area contributed by atoms with Crippen molar-refractivity contribution >= 4 is 0 Å². The van der Waals surface area contributed by atoms with E-state index in [4.69, 9.17) is 0 Å². The van der Waals surface area contributed by atoms with Crippen LogP contribution in [0.25, 0.3) is 0 Å². The lowest BCUT2D eigenvalue weighted by atomic mass is 9.49. The van der Waals surface area contributed by atoms with Crippen LogP contribution in [0, 0.1) is 58.2 Å². The first-order chi connectivity index (χ1) is 14.2. The summed E-state index contributed by atoms with van der Waals surface area (Å²) in [4.78, 5) is 0. The molecule has 0 aliphatic heterocycles. The number of allylic oxidation sites excluding steroid dienone is 4. The standard InChI is InChI=1S/C31H56/c1-15-17-31(14,29-23(10)21(8)27(19(5)6)25(29)12)30(13,16-2)28-22(9)20(7)26(18(3)4)24(28)11/h18-23,26,29H,15-17H2,1-14H3. The van der Waals surface area contributed by atoms with Crippen molar-refractivity contribution in [3.05, 3.63) is 22.3 Å². The summed E-state index contributed by atoms with van der Waals surface area (Å²) in [6, 6.07) is 0. The van der Waals surface area contributed by atoms with Crippen LogP contribution >= 0.6 is 0 Å². The quantitative estimate of drug-likeness (QED) is 0.337. The fraction of sp³-hybridized carbons (Fsp3) is 0.871. The number of rotatable bonds is 8. The van der Waals surface area contributed by atoms with Gasteiger partial charge in [-0.3, -0.25) is 0 Å². The van der Waals surface area contributed by atoms with Crippen molar-refractivity contribution in [3.63, 3.8) is 0 Å². The molecule has 0 aromatic heterocycles. The molecule has 31 heavy (non-hydrogen) atoms. The van der Waals surface area contributed by atoms with Crippen molar-refractivity contribution in [1.82, 2.24) is 0 Å². The Morgan fingerprint density at radius 2 is 1.35 bits per heavy atom. The molecule has 0 heteroatoms. The Morgan fingerprint density at radius 3 is 1.71 bits per heavy atom. The highest BCUT2D eigenvalue weighted by Gasteiger charge is 2.57. The third kappa shape index (κ3) is 3.91. The molecule has 0 aromatic rings. The van der Waals surface area contributed by atoms with Crippen LogP contribution in [-0.4, -0.2) is 0 Å². The molecule has 2 aliphatic carbocycles. The molecule has 8 atom stereocenters. The van der Waals surface area contributed by atoms with Crippen molar-refractivity contribution in [2.24, 2.45) is 58.2 Å². The highest BCUT2D eigenvalue weighted by Crippen LogP contribution is 2.66. The minimum atomic E-state index is 0.247. The Labute approximate surface area is 196 Å². The highest BCUT2D eigenvalue weighted by atomic mass is 14.6. The Bertz CT molecular complexity index is 704. The molecule has 2 aliphatic rings. The van der Waals surface area contributed by atoms with E-state index in [2.05, 4.69) is 96.9 Å². The molecule has 0 nitrogen and oxygen atoms in total. The Morgan fingerprint density at radius 1 is 0.806 bits per heavy atom. The molecule has 0 radical (unpaired) electrons. The minimum absolute atomic E-state index is 0.247. The average Bonchev–Trinajstić information content (AvgIpc) is 3.03. The van der Waals surface area contributed by atoms with Gasteiger partial charge in [0.1, 0.15) is 0 Å². The second-order valence-corrected chi connectivity index (χ2v) is 12.8. The summed E-state index contributed by atoms with van der Waals surface area (Å²) in [6.45, 7) is 35.2. The number of hydrogen-bond acceptors (Lipinski definition) is 0. The summed E-state index contributed by atoms with van der Waals surface area (Å²) < 4.78 is 0. The lowest BCUT2D eigenvalue weighted by Gasteiger charge is -2.55. The van der Waals surface area contributed by atoms with Crippen molar-refractivity contribution in [2.75, 3.05) is 0 Å². The largest absolute Gasteiger partial charge is 0.0696 e. The average molecular weight is 429 g/mol. The molecule has 0 amide bonds. The molecule has 180 valence electrons. The third-order valence-corrected chi connectivity index (χ3v) is 10.8. The fourth-order valence-electron chi connectivity index (χ4n) is 9.29. The van der Waals surface area contributed by atoms with E-state index in [1.165, 1.54) is 19.3 Å². The lowest BCUT2D eigenvalue weighted by Crippen LogP contribution is -2.47. The highest BCUT2D eigenvalue weighted by molar-refractivity contribution is 5.37. The van der Waals surface area contributed by atoms with Gasteiger partial charge >= 0.3 is 0 Å². The van der Waals surface area contributed by atoms with E-state index in [-0.39, 0.29) is 5.41 Å². The van der Waals surface area contributed by atoms with Crippen molar-refractivity contribution in [1.29, 1.82) is 0 Å². The van der Waals surface area contributed by atoms with E-state index >= 15 is 0 Å². The Balaban J connectivity index is 2.76. The van der Waals surface area contributed by atoms with Gasteiger partial charge in [-0.2, -0.15) is 0 Å². The van der Waals surface area contributed by atoms with E-state index in [1.54, 1.807) is 16.7 Å². The maximum absolute atomic E-state index is 2.70. The molecule has 0 saturated heterocycles. The summed E-state index contributed by atoms with van der Waals surface area (Å²) >= 11 is 0. The van der Waals surface area contributed by atoms with Crippen LogP contribution in [0.4, 0.5) is 0 Å². The van der Waals surface area contributed by atoms with Crippen LogP contribution in [0.3, 0.4) is 0 Å². The van der Waals surface area contributed by atoms with E-state index < -0.39 is 0 Å². The molecule has 0 saturated carbocycles. The molecule has 0 aromatic carbocycles. The topological polar surface area (TPSA) is 0 Å². The van der Waals surface area contributed by atoms with Crippen LogP contribution in [0.2, 0.25) is 0 Å². The first-order valence-electron chi connectivity index (χ1n) is 13.6. The fourth-order valence-corrected chi connectivity index (χ4v) is 9.29. The monoisotopic (exact) mass is 428 g/mol. The van der Waals surface area contributed by atoms with Gasteiger partial charge in [-0.15, -0.1) is 0 Å². The normalized spacial score (nSPS) is 36.0. The minimum Gasteiger partial charge on any atom is -0.0696 e. The lowest BCUT2D eigenvalue weighted by molar-refractivity contribution is 0.00506. The van der Waals surface area contributed by atoms with Gasteiger partial charge < -0.3 is 0 Å². The Hall–Kier alpha value is -0.520. The van der Waals surface area contributed by atoms with Crippen molar-refractivity contribution < 1.29 is 0 Å². The zero-order valence-corrected chi connectivity index (χ0v) is 23.7. The molecule has 2 rings (SSSR count). The zero-order chi connectivity index (χ0) is 24.0. The SMILES string of the molecule is CCCC(C)(C1C(C)=C(C(C)C)C(C)C1C)C(C)(CC)C1=C(C)C(C(C)C)C(C)C1C. The summed E-state index contributed by atoms with van der Waals surface area (Å²) in [7, 11) is 0. The maximum atomic E-state index is 2.70. The van der Waals surface area contributed by atoms with Crippen LogP contribution in [-0.2, 0) is 0 Å². The molecular formula is C31H56. The van der Waals surface area contributed by atoms with Gasteiger partial charge in [0.2, 0.25) is 0 Å². The maximum Gasteiger partial charge on any atom is -0.00540 e. The van der Waals surface area contributed by atoms with Gasteiger partial charge in [0, 0.05) is 0 Å². The van der Waals surface area contributed by atoms with Crippen LogP contribution in [0.15, 0.2) is 22.3 Å². The first-order valence-corrected chi connectivity index (χ1v) is 13.6. The first kappa shape index (κ1) is 26.7. The predicted octanol–water partition coefficient (Wildman–Crippen LogP) is 9.96. The molecule has 0 N–H and O–H groups in total. The van der Waals surface area contributed by atoms with Gasteiger partial charge in [-0.05, 0) is 84.9 Å². The molecule has 8 unspecified atom stereocenters. The number of hydrogen-bond donors (Lipinski definition) is 0. The van der Waals surface area contributed by atoms with Gasteiger partial charge in [0.25, 0.3) is 0 Å². The third-order valence-electron chi connectivity index (χ3n) is 10.8. The molecule has 0 fully saturated rings. The van der Waals surface area contributed by atoms with Gasteiger partial charge in [-0.1, -0.05) is 112 Å². The van der Waals surface area contributed by atoms with E-state index in [1.807, 2.05) is 5.57 Å². The second-order valence-electron chi connectivity index (χ2n) is 12.8. The summed E-state index contributed by atoms with van der Waals surface area (Å²) in [5.41, 5.74) is 7.62. The van der Waals surface area contributed by atoms with Crippen molar-refractivity contribution in [3.8, 4) is 0 Å². The smallest absolute Gasteiger partial charge is 0.00540 e. The van der Waals surface area contributed by atoms with Crippen molar-refractivity contribution in [2.45, 2.75) is 116 Å². The van der Waals surface area contributed by atoms with Crippen LogP contribution in [0.5, 0.6) is 0 Å².